The first kappa shape index (κ1) is 13.2. The summed E-state index contributed by atoms with van der Waals surface area (Å²) in [5.74, 6) is 1.65. The summed E-state index contributed by atoms with van der Waals surface area (Å²) in [6, 6.07) is 5.73. The fraction of sp³-hybridized carbons (Fsp3) is 0.538. The fourth-order valence-corrected chi connectivity index (χ4v) is 1.95. The molecule has 1 unspecified atom stereocenters. The Bertz CT molecular complexity index is 326. The predicted octanol–water partition coefficient (Wildman–Crippen LogP) is 4.17. The minimum atomic E-state index is -0.00926. The summed E-state index contributed by atoms with van der Waals surface area (Å²) < 4.78 is 10.5. The monoisotopic (exact) mass is 242 g/mol. The van der Waals surface area contributed by atoms with Gasteiger partial charge in [-0.2, -0.15) is 0 Å². The van der Waals surface area contributed by atoms with Crippen molar-refractivity contribution in [2.45, 2.75) is 31.6 Å². The van der Waals surface area contributed by atoms with Crippen LogP contribution in [-0.2, 0) is 0 Å². The van der Waals surface area contributed by atoms with Crippen molar-refractivity contribution in [3.05, 3.63) is 23.8 Å². The molecule has 0 N–H and O–H groups in total. The van der Waals surface area contributed by atoms with Crippen LogP contribution in [0.15, 0.2) is 18.2 Å². The number of hydrogen-bond donors (Lipinski definition) is 0. The molecule has 1 aromatic rings. The van der Waals surface area contributed by atoms with Crippen molar-refractivity contribution >= 4 is 11.6 Å². The number of benzene rings is 1. The summed E-state index contributed by atoms with van der Waals surface area (Å²) in [6.07, 6.45) is 3.23. The van der Waals surface area contributed by atoms with E-state index in [4.69, 9.17) is 21.1 Å². The summed E-state index contributed by atoms with van der Waals surface area (Å²) in [4.78, 5) is 0. The standard InChI is InChI=1S/C13H19ClO2/c1-4-5-6-12(14)11-9-10(15-2)7-8-13(11)16-3/h7-9,12H,4-6H2,1-3H3. The van der Waals surface area contributed by atoms with E-state index in [9.17, 15) is 0 Å². The molecule has 0 bridgehead atoms. The van der Waals surface area contributed by atoms with Crippen LogP contribution in [0.3, 0.4) is 0 Å². The Morgan fingerprint density at radius 3 is 2.56 bits per heavy atom. The van der Waals surface area contributed by atoms with Crippen LogP contribution in [0, 0.1) is 0 Å². The van der Waals surface area contributed by atoms with Gasteiger partial charge in [0.15, 0.2) is 0 Å². The van der Waals surface area contributed by atoms with Gasteiger partial charge in [-0.3, -0.25) is 0 Å². The van der Waals surface area contributed by atoms with Crippen LogP contribution in [0.25, 0.3) is 0 Å². The lowest BCUT2D eigenvalue weighted by atomic mass is 10.1. The number of hydrogen-bond acceptors (Lipinski definition) is 2. The fourth-order valence-electron chi connectivity index (χ4n) is 1.62. The molecule has 1 aromatic carbocycles. The van der Waals surface area contributed by atoms with Gasteiger partial charge in [-0.05, 0) is 24.6 Å². The second kappa shape index (κ2) is 6.64. The van der Waals surface area contributed by atoms with Gasteiger partial charge in [0.05, 0.1) is 19.6 Å². The molecular formula is C13H19ClO2. The Morgan fingerprint density at radius 2 is 2.00 bits per heavy atom. The van der Waals surface area contributed by atoms with Crippen molar-refractivity contribution in [3.63, 3.8) is 0 Å². The van der Waals surface area contributed by atoms with Crippen LogP contribution in [-0.4, -0.2) is 14.2 Å². The number of rotatable bonds is 6. The molecule has 0 fully saturated rings. The van der Waals surface area contributed by atoms with Crippen molar-refractivity contribution in [1.82, 2.24) is 0 Å². The summed E-state index contributed by atoms with van der Waals surface area (Å²) >= 11 is 6.36. The van der Waals surface area contributed by atoms with Gasteiger partial charge < -0.3 is 9.47 Å². The molecule has 0 radical (unpaired) electrons. The molecule has 16 heavy (non-hydrogen) atoms. The van der Waals surface area contributed by atoms with E-state index in [-0.39, 0.29) is 5.38 Å². The summed E-state index contributed by atoms with van der Waals surface area (Å²) in [5.41, 5.74) is 1.01. The van der Waals surface area contributed by atoms with Crippen molar-refractivity contribution in [3.8, 4) is 11.5 Å². The average Bonchev–Trinajstić information content (AvgIpc) is 2.35. The van der Waals surface area contributed by atoms with Crippen molar-refractivity contribution < 1.29 is 9.47 Å². The molecule has 0 amide bonds. The van der Waals surface area contributed by atoms with Crippen LogP contribution >= 0.6 is 11.6 Å². The third-order valence-corrected chi connectivity index (χ3v) is 3.04. The van der Waals surface area contributed by atoms with E-state index in [0.29, 0.717) is 0 Å². The largest absolute Gasteiger partial charge is 0.497 e. The van der Waals surface area contributed by atoms with Crippen molar-refractivity contribution in [2.24, 2.45) is 0 Å². The molecule has 2 nitrogen and oxygen atoms in total. The average molecular weight is 243 g/mol. The van der Waals surface area contributed by atoms with Crippen LogP contribution in [0.4, 0.5) is 0 Å². The maximum Gasteiger partial charge on any atom is 0.123 e. The second-order valence-corrected chi connectivity index (χ2v) is 4.24. The minimum absolute atomic E-state index is 0.00926. The zero-order valence-corrected chi connectivity index (χ0v) is 10.9. The van der Waals surface area contributed by atoms with Crippen molar-refractivity contribution in [2.75, 3.05) is 14.2 Å². The summed E-state index contributed by atoms with van der Waals surface area (Å²) in [5, 5.41) is -0.00926. The van der Waals surface area contributed by atoms with Gasteiger partial charge in [-0.15, -0.1) is 11.6 Å². The third-order valence-electron chi connectivity index (χ3n) is 2.59. The van der Waals surface area contributed by atoms with Gasteiger partial charge in [-0.1, -0.05) is 19.8 Å². The van der Waals surface area contributed by atoms with Crippen LogP contribution < -0.4 is 9.47 Å². The molecule has 0 spiro atoms. The quantitative estimate of drug-likeness (QED) is 0.697. The Morgan fingerprint density at radius 1 is 1.25 bits per heavy atom. The lowest BCUT2D eigenvalue weighted by Crippen LogP contribution is -1.97. The van der Waals surface area contributed by atoms with Crippen molar-refractivity contribution in [1.29, 1.82) is 0 Å². The van der Waals surface area contributed by atoms with Crippen LogP contribution in [0.5, 0.6) is 11.5 Å². The Labute approximate surface area is 103 Å². The summed E-state index contributed by atoms with van der Waals surface area (Å²) in [7, 11) is 3.32. The molecule has 0 heterocycles. The highest BCUT2D eigenvalue weighted by atomic mass is 35.5. The number of halogens is 1. The van der Waals surface area contributed by atoms with E-state index in [2.05, 4.69) is 6.92 Å². The Kier molecular flexibility index (Phi) is 5.47. The van der Waals surface area contributed by atoms with Gasteiger partial charge in [0.1, 0.15) is 11.5 Å². The second-order valence-electron chi connectivity index (χ2n) is 3.72. The lowest BCUT2D eigenvalue weighted by Gasteiger charge is -2.14. The molecule has 0 aliphatic carbocycles. The van der Waals surface area contributed by atoms with E-state index in [1.165, 1.54) is 0 Å². The van der Waals surface area contributed by atoms with Gasteiger partial charge in [0, 0.05) is 5.56 Å². The zero-order valence-electron chi connectivity index (χ0n) is 10.1. The maximum atomic E-state index is 6.36. The molecule has 90 valence electrons. The van der Waals surface area contributed by atoms with Gasteiger partial charge in [0.25, 0.3) is 0 Å². The van der Waals surface area contributed by atoms with E-state index < -0.39 is 0 Å². The smallest absolute Gasteiger partial charge is 0.123 e. The molecule has 1 rings (SSSR count). The normalized spacial score (nSPS) is 12.2. The number of methoxy groups -OCH3 is 2. The highest BCUT2D eigenvalue weighted by Gasteiger charge is 2.14. The highest BCUT2D eigenvalue weighted by molar-refractivity contribution is 6.21. The molecule has 0 saturated carbocycles. The van der Waals surface area contributed by atoms with Gasteiger partial charge in [0.2, 0.25) is 0 Å². The molecule has 0 saturated heterocycles. The molecule has 0 aromatic heterocycles. The van der Waals surface area contributed by atoms with Gasteiger partial charge in [-0.25, -0.2) is 0 Å². The minimum Gasteiger partial charge on any atom is -0.497 e. The Hall–Kier alpha value is -0.890. The number of alkyl halides is 1. The topological polar surface area (TPSA) is 18.5 Å². The van der Waals surface area contributed by atoms with E-state index in [0.717, 1.165) is 36.3 Å². The molecule has 0 aliphatic heterocycles. The van der Waals surface area contributed by atoms with E-state index in [1.54, 1.807) is 14.2 Å². The molecule has 0 aliphatic rings. The number of ether oxygens (including phenoxy) is 2. The van der Waals surface area contributed by atoms with E-state index >= 15 is 0 Å². The van der Waals surface area contributed by atoms with Crippen LogP contribution in [0.2, 0.25) is 0 Å². The molecule has 3 heteroatoms. The molecule has 1 atom stereocenters. The maximum absolute atomic E-state index is 6.36. The molecular weight excluding hydrogens is 224 g/mol. The zero-order chi connectivity index (χ0) is 12.0. The number of unbranched alkanes of at least 4 members (excludes halogenated alkanes) is 1. The SMILES string of the molecule is CCCCC(Cl)c1cc(OC)ccc1OC. The first-order chi connectivity index (χ1) is 7.72. The van der Waals surface area contributed by atoms with E-state index in [1.807, 2.05) is 18.2 Å². The first-order valence-electron chi connectivity index (χ1n) is 5.59. The summed E-state index contributed by atoms with van der Waals surface area (Å²) in [6.45, 7) is 2.16. The van der Waals surface area contributed by atoms with Crippen LogP contribution in [0.1, 0.15) is 37.1 Å². The highest BCUT2D eigenvalue weighted by Crippen LogP contribution is 2.35. The third kappa shape index (κ3) is 3.31. The Balaban J connectivity index is 2.89. The predicted molar refractivity (Wildman–Crippen MR) is 67.7 cm³/mol. The lowest BCUT2D eigenvalue weighted by molar-refractivity contribution is 0.397. The van der Waals surface area contributed by atoms with Gasteiger partial charge >= 0.3 is 0 Å². The first-order valence-corrected chi connectivity index (χ1v) is 6.02.